The van der Waals surface area contributed by atoms with Gasteiger partial charge in [0.15, 0.2) is 0 Å². The minimum Gasteiger partial charge on any atom is -0.321 e. The summed E-state index contributed by atoms with van der Waals surface area (Å²) in [5.74, 6) is 0. The lowest BCUT2D eigenvalue weighted by atomic mass is 10.2. The van der Waals surface area contributed by atoms with Gasteiger partial charge in [-0.05, 0) is 36.7 Å². The molecule has 2 N–H and O–H groups in total. The molecule has 0 atom stereocenters. The van der Waals surface area contributed by atoms with Gasteiger partial charge in [0.05, 0.1) is 11.8 Å². The third-order valence-corrected chi connectivity index (χ3v) is 3.37. The maximum Gasteiger partial charge on any atom is 0.296 e. The number of fused-ring (bicyclic) bond motifs is 1. The van der Waals surface area contributed by atoms with Gasteiger partial charge in [-0.1, -0.05) is 18.2 Å². The van der Waals surface area contributed by atoms with Crippen molar-refractivity contribution in [2.75, 3.05) is 0 Å². The summed E-state index contributed by atoms with van der Waals surface area (Å²) in [6, 6.07) is 9.09. The number of nitrogens with zero attached hydrogens (tertiary/aromatic N) is 3. The second kappa shape index (κ2) is 5.49. The zero-order chi connectivity index (χ0) is 15.7. The Morgan fingerprint density at radius 2 is 2.09 bits per heavy atom. The number of hydrogen-bond donors (Lipinski definition) is 2. The summed E-state index contributed by atoms with van der Waals surface area (Å²) in [6.45, 7) is 1.54. The number of rotatable bonds is 2. The first kappa shape index (κ1) is 14.1. The molecule has 0 aliphatic carbocycles. The Balaban J connectivity index is 2.13. The number of pyridine rings is 1. The number of benzene rings is 1. The first-order chi connectivity index (χ1) is 10.6. The van der Waals surface area contributed by atoms with Gasteiger partial charge in [0.1, 0.15) is 5.69 Å². The standard InChI is InChI=1S/C14H11N5O2S/c1-8-13(21)19(14(22)18-17-8)15-7-10-6-9-4-2-3-5-11(9)16-12(10)20/h2-7H,1H3,(H,16,20)(H,18,22)/b15-7+. The number of hydrogen-bond acceptors (Lipinski definition) is 5. The molecule has 3 rings (SSSR count). The molecule has 1 aromatic carbocycles. The van der Waals surface area contributed by atoms with Crippen molar-refractivity contribution in [2.45, 2.75) is 6.92 Å². The lowest BCUT2D eigenvalue weighted by Gasteiger charge is -2.00. The van der Waals surface area contributed by atoms with E-state index in [0.29, 0.717) is 5.56 Å². The summed E-state index contributed by atoms with van der Waals surface area (Å²) in [7, 11) is 0. The maximum absolute atomic E-state index is 12.0. The van der Waals surface area contributed by atoms with E-state index in [1.807, 2.05) is 24.3 Å². The van der Waals surface area contributed by atoms with Crippen molar-refractivity contribution >= 4 is 29.3 Å². The van der Waals surface area contributed by atoms with Gasteiger partial charge < -0.3 is 4.98 Å². The van der Waals surface area contributed by atoms with Crippen molar-refractivity contribution < 1.29 is 0 Å². The van der Waals surface area contributed by atoms with E-state index < -0.39 is 5.56 Å². The highest BCUT2D eigenvalue weighted by Crippen LogP contribution is 2.08. The quantitative estimate of drug-likeness (QED) is 0.551. The van der Waals surface area contributed by atoms with Crippen molar-refractivity contribution in [1.29, 1.82) is 0 Å². The monoisotopic (exact) mass is 313 g/mol. The topological polar surface area (TPSA) is 95.9 Å². The van der Waals surface area contributed by atoms with Gasteiger partial charge in [0, 0.05) is 5.52 Å². The summed E-state index contributed by atoms with van der Waals surface area (Å²) in [5, 5.41) is 11.1. The van der Waals surface area contributed by atoms with Crippen molar-refractivity contribution in [3.05, 3.63) is 67.1 Å². The molecule has 3 aromatic rings. The van der Waals surface area contributed by atoms with E-state index in [2.05, 4.69) is 20.3 Å². The second-order valence-corrected chi connectivity index (χ2v) is 5.00. The lowest BCUT2D eigenvalue weighted by molar-refractivity contribution is 0.720. The van der Waals surface area contributed by atoms with Crippen molar-refractivity contribution in [3.8, 4) is 0 Å². The molecule has 0 fully saturated rings. The van der Waals surface area contributed by atoms with Crippen molar-refractivity contribution in [1.82, 2.24) is 19.9 Å². The van der Waals surface area contributed by atoms with Crippen LogP contribution in [0.1, 0.15) is 11.3 Å². The molecule has 0 saturated heterocycles. The average molecular weight is 313 g/mol. The Labute approximate surface area is 129 Å². The van der Waals surface area contributed by atoms with Gasteiger partial charge >= 0.3 is 0 Å². The molecule has 110 valence electrons. The molecular weight excluding hydrogens is 302 g/mol. The maximum atomic E-state index is 12.0. The van der Waals surface area contributed by atoms with Gasteiger partial charge in [-0.15, -0.1) is 0 Å². The highest BCUT2D eigenvalue weighted by molar-refractivity contribution is 7.71. The Morgan fingerprint density at radius 1 is 1.32 bits per heavy atom. The molecule has 0 aliphatic heterocycles. The number of para-hydroxylation sites is 1. The second-order valence-electron chi connectivity index (χ2n) is 4.62. The Bertz CT molecular complexity index is 1060. The normalized spacial score (nSPS) is 11.3. The van der Waals surface area contributed by atoms with Crippen LogP contribution in [0, 0.1) is 11.7 Å². The predicted molar refractivity (Wildman–Crippen MR) is 86.0 cm³/mol. The molecule has 2 heterocycles. The van der Waals surface area contributed by atoms with E-state index in [-0.39, 0.29) is 16.0 Å². The molecule has 22 heavy (non-hydrogen) atoms. The van der Waals surface area contributed by atoms with E-state index in [1.165, 1.54) is 6.21 Å². The summed E-state index contributed by atoms with van der Waals surface area (Å²) in [6.07, 6.45) is 1.30. The Morgan fingerprint density at radius 3 is 2.91 bits per heavy atom. The van der Waals surface area contributed by atoms with Crippen LogP contribution in [0.4, 0.5) is 0 Å². The fourth-order valence-electron chi connectivity index (χ4n) is 1.96. The number of nitrogens with one attached hydrogen (secondary N) is 2. The minimum absolute atomic E-state index is 0.0593. The highest BCUT2D eigenvalue weighted by Gasteiger charge is 2.03. The fourth-order valence-corrected chi connectivity index (χ4v) is 2.13. The van der Waals surface area contributed by atoms with E-state index in [1.54, 1.807) is 13.0 Å². The van der Waals surface area contributed by atoms with Gasteiger partial charge in [-0.3, -0.25) is 14.7 Å². The first-order valence-corrected chi connectivity index (χ1v) is 6.82. The summed E-state index contributed by atoms with van der Waals surface area (Å²) >= 11 is 4.97. The molecule has 8 heteroatoms. The van der Waals surface area contributed by atoms with Gasteiger partial charge in [-0.25, -0.2) is 0 Å². The summed E-state index contributed by atoms with van der Waals surface area (Å²) < 4.78 is 1.05. The Kier molecular flexibility index (Phi) is 3.51. The largest absolute Gasteiger partial charge is 0.321 e. The molecule has 0 spiro atoms. The molecule has 0 unspecified atom stereocenters. The third-order valence-electron chi connectivity index (χ3n) is 3.11. The Hall–Kier alpha value is -2.87. The molecule has 0 radical (unpaired) electrons. The zero-order valence-electron chi connectivity index (χ0n) is 11.5. The summed E-state index contributed by atoms with van der Waals surface area (Å²) in [4.78, 5) is 26.7. The smallest absolute Gasteiger partial charge is 0.296 e. The number of aromatic nitrogens is 4. The molecule has 0 amide bonds. The van der Waals surface area contributed by atoms with Crippen LogP contribution in [0.15, 0.2) is 45.0 Å². The van der Waals surface area contributed by atoms with Crippen LogP contribution < -0.4 is 11.1 Å². The van der Waals surface area contributed by atoms with E-state index in [9.17, 15) is 9.59 Å². The van der Waals surface area contributed by atoms with E-state index in [4.69, 9.17) is 12.2 Å². The van der Waals surface area contributed by atoms with Crippen molar-refractivity contribution in [3.63, 3.8) is 0 Å². The van der Waals surface area contributed by atoms with Crippen LogP contribution >= 0.6 is 12.2 Å². The van der Waals surface area contributed by atoms with Crippen molar-refractivity contribution in [2.24, 2.45) is 5.10 Å². The molecule has 0 bridgehead atoms. The first-order valence-electron chi connectivity index (χ1n) is 6.41. The van der Waals surface area contributed by atoms with E-state index in [0.717, 1.165) is 15.6 Å². The highest BCUT2D eigenvalue weighted by atomic mass is 32.1. The van der Waals surface area contributed by atoms with Gasteiger partial charge in [0.2, 0.25) is 4.77 Å². The molecule has 7 nitrogen and oxygen atoms in total. The van der Waals surface area contributed by atoms with Crippen LogP contribution in [0.25, 0.3) is 10.9 Å². The number of aromatic amines is 2. The number of H-pyrrole nitrogens is 2. The predicted octanol–water partition coefficient (Wildman–Crippen LogP) is 1.33. The van der Waals surface area contributed by atoms with Gasteiger partial charge in [-0.2, -0.15) is 14.9 Å². The fraction of sp³-hybridized carbons (Fsp3) is 0.0714. The zero-order valence-corrected chi connectivity index (χ0v) is 12.3. The SMILES string of the molecule is Cc1n[nH]c(=S)n(/N=C/c2cc3ccccc3[nH]c2=O)c1=O. The third kappa shape index (κ3) is 2.51. The van der Waals surface area contributed by atoms with Crippen LogP contribution in [0.2, 0.25) is 0 Å². The van der Waals surface area contributed by atoms with E-state index >= 15 is 0 Å². The molecule has 0 aliphatic rings. The number of aryl methyl sites for hydroxylation is 1. The molecule has 2 aromatic heterocycles. The van der Waals surface area contributed by atoms with Crippen LogP contribution in [-0.2, 0) is 0 Å². The van der Waals surface area contributed by atoms with Crippen LogP contribution in [-0.4, -0.2) is 26.1 Å². The van der Waals surface area contributed by atoms with Crippen LogP contribution in [0.3, 0.4) is 0 Å². The molecular formula is C14H11N5O2S. The lowest BCUT2D eigenvalue weighted by Crippen LogP contribution is -2.23. The van der Waals surface area contributed by atoms with Crippen LogP contribution in [0.5, 0.6) is 0 Å². The summed E-state index contributed by atoms with van der Waals surface area (Å²) in [5.41, 5.74) is 0.569. The average Bonchev–Trinajstić information content (AvgIpc) is 2.51. The minimum atomic E-state index is -0.433. The molecule has 0 saturated carbocycles. The van der Waals surface area contributed by atoms with Gasteiger partial charge in [0.25, 0.3) is 11.1 Å².